The number of nitrogens with one attached hydrogen (secondary N) is 1. The summed E-state index contributed by atoms with van der Waals surface area (Å²) in [6.45, 7) is 2.68. The first-order valence-corrected chi connectivity index (χ1v) is 11.6. The van der Waals surface area contributed by atoms with Crippen LogP contribution in [0.1, 0.15) is 29.8 Å². The van der Waals surface area contributed by atoms with Crippen LogP contribution in [0, 0.1) is 0 Å². The van der Waals surface area contributed by atoms with Gasteiger partial charge in [0.05, 0.1) is 5.75 Å². The molecule has 2 heterocycles. The fourth-order valence-electron chi connectivity index (χ4n) is 3.45. The minimum Gasteiger partial charge on any atom is -0.311 e. The summed E-state index contributed by atoms with van der Waals surface area (Å²) in [7, 11) is 0. The van der Waals surface area contributed by atoms with Crippen molar-refractivity contribution in [2.75, 3.05) is 22.5 Å². The van der Waals surface area contributed by atoms with Crippen molar-refractivity contribution < 1.29 is 9.59 Å². The second kappa shape index (κ2) is 9.40. The maximum absolute atomic E-state index is 12.6. The van der Waals surface area contributed by atoms with E-state index in [1.807, 2.05) is 53.4 Å². The predicted octanol–water partition coefficient (Wildman–Crippen LogP) is 4.35. The number of carbonyl (C=O) groups excluding carboxylic acids is 2. The molecule has 6 nitrogen and oxygen atoms in total. The van der Waals surface area contributed by atoms with E-state index in [9.17, 15) is 9.59 Å². The summed E-state index contributed by atoms with van der Waals surface area (Å²) in [6.07, 6.45) is 1.28. The Hall–Kier alpha value is -2.71. The lowest BCUT2D eigenvalue weighted by Gasteiger charge is -2.19. The van der Waals surface area contributed by atoms with E-state index in [1.54, 1.807) is 0 Å². The lowest BCUT2D eigenvalue weighted by atomic mass is 10.1. The first kappa shape index (κ1) is 20.6. The van der Waals surface area contributed by atoms with Crippen molar-refractivity contribution in [2.45, 2.75) is 30.6 Å². The van der Waals surface area contributed by atoms with E-state index < -0.39 is 0 Å². The predicted molar refractivity (Wildman–Crippen MR) is 121 cm³/mol. The Balaban J connectivity index is 1.37. The molecule has 1 aliphatic rings. The average Bonchev–Trinajstić information content (AvgIpc) is 3.39. The third kappa shape index (κ3) is 4.71. The minimum atomic E-state index is -0.118. The summed E-state index contributed by atoms with van der Waals surface area (Å²) >= 11 is 2.82. The van der Waals surface area contributed by atoms with Gasteiger partial charge in [0, 0.05) is 29.5 Å². The summed E-state index contributed by atoms with van der Waals surface area (Å²) < 4.78 is 0. The maximum Gasteiger partial charge on any atom is 0.236 e. The molecule has 154 valence electrons. The molecule has 0 aliphatic carbocycles. The van der Waals surface area contributed by atoms with Crippen molar-refractivity contribution in [2.24, 2.45) is 0 Å². The van der Waals surface area contributed by atoms with Gasteiger partial charge in [-0.3, -0.25) is 14.9 Å². The number of rotatable bonds is 7. The molecule has 0 radical (unpaired) electrons. The Kier molecular flexibility index (Phi) is 6.44. The number of carbonyl (C=O) groups is 2. The van der Waals surface area contributed by atoms with Crippen LogP contribution in [0.25, 0.3) is 0 Å². The van der Waals surface area contributed by atoms with Crippen LogP contribution in [0.3, 0.4) is 0 Å². The van der Waals surface area contributed by atoms with Crippen LogP contribution in [0.15, 0.2) is 59.5 Å². The van der Waals surface area contributed by atoms with E-state index >= 15 is 0 Å². The standard InChI is InChI=1S/C22H22N4O2S2/c1-2-15-8-6-7-11-18(15)26-13-16(12-20(26)28)21-24-25-22(30-21)23-19(27)14-29-17-9-4-3-5-10-17/h3-11,16H,2,12-14H2,1H3,(H,23,25,27)/t16-/m1/s1. The van der Waals surface area contributed by atoms with Gasteiger partial charge in [-0.05, 0) is 30.2 Å². The summed E-state index contributed by atoms with van der Waals surface area (Å²) in [6, 6.07) is 17.8. The molecule has 1 fully saturated rings. The van der Waals surface area contributed by atoms with E-state index in [-0.39, 0.29) is 17.7 Å². The fourth-order valence-corrected chi connectivity index (χ4v) is 5.02. The second-order valence-electron chi connectivity index (χ2n) is 6.98. The second-order valence-corrected chi connectivity index (χ2v) is 9.04. The molecule has 2 amide bonds. The van der Waals surface area contributed by atoms with Crippen LogP contribution in [0.5, 0.6) is 0 Å². The van der Waals surface area contributed by atoms with Gasteiger partial charge in [0.1, 0.15) is 5.01 Å². The van der Waals surface area contributed by atoms with Crippen molar-refractivity contribution in [1.29, 1.82) is 0 Å². The molecule has 4 rings (SSSR count). The SMILES string of the molecule is CCc1ccccc1N1C[C@H](c2nnc(NC(=O)CSc3ccccc3)s2)CC1=O. The molecule has 1 aromatic heterocycles. The first-order valence-electron chi connectivity index (χ1n) is 9.83. The van der Waals surface area contributed by atoms with Gasteiger partial charge in [-0.15, -0.1) is 22.0 Å². The van der Waals surface area contributed by atoms with Crippen LogP contribution < -0.4 is 10.2 Å². The fraction of sp³-hybridized carbons (Fsp3) is 0.273. The Morgan fingerprint density at radius 2 is 1.93 bits per heavy atom. The lowest BCUT2D eigenvalue weighted by molar-refractivity contribution is -0.117. The number of para-hydroxylation sites is 1. The topological polar surface area (TPSA) is 75.2 Å². The van der Waals surface area contributed by atoms with Crippen LogP contribution in [0.4, 0.5) is 10.8 Å². The highest BCUT2D eigenvalue weighted by Crippen LogP contribution is 2.35. The van der Waals surface area contributed by atoms with Gasteiger partial charge in [0.15, 0.2) is 0 Å². The lowest BCUT2D eigenvalue weighted by Crippen LogP contribution is -2.25. The molecule has 2 aromatic carbocycles. The molecule has 1 N–H and O–H groups in total. The van der Waals surface area contributed by atoms with E-state index in [0.29, 0.717) is 23.8 Å². The highest BCUT2D eigenvalue weighted by Gasteiger charge is 2.34. The number of nitrogens with zero attached hydrogens (tertiary/aromatic N) is 3. The van der Waals surface area contributed by atoms with Gasteiger partial charge in [-0.2, -0.15) is 0 Å². The average molecular weight is 439 g/mol. The highest BCUT2D eigenvalue weighted by molar-refractivity contribution is 8.00. The number of amides is 2. The van der Waals surface area contributed by atoms with Gasteiger partial charge in [0.25, 0.3) is 0 Å². The quantitative estimate of drug-likeness (QED) is 0.555. The third-order valence-corrected chi connectivity index (χ3v) is 6.95. The van der Waals surface area contributed by atoms with E-state index in [1.165, 1.54) is 23.1 Å². The van der Waals surface area contributed by atoms with E-state index in [4.69, 9.17) is 0 Å². The molecule has 8 heteroatoms. The summed E-state index contributed by atoms with van der Waals surface area (Å²) in [4.78, 5) is 27.8. The number of hydrogen-bond donors (Lipinski definition) is 1. The molecule has 3 aromatic rings. The maximum atomic E-state index is 12.6. The molecule has 0 unspecified atom stereocenters. The van der Waals surface area contributed by atoms with Gasteiger partial charge >= 0.3 is 0 Å². The zero-order chi connectivity index (χ0) is 20.9. The van der Waals surface area contributed by atoms with Crippen LogP contribution in [-0.2, 0) is 16.0 Å². The van der Waals surface area contributed by atoms with Crippen molar-refractivity contribution in [3.05, 3.63) is 65.2 Å². The van der Waals surface area contributed by atoms with E-state index in [0.717, 1.165) is 27.6 Å². The number of thioether (sulfide) groups is 1. The van der Waals surface area contributed by atoms with Gasteiger partial charge in [-0.25, -0.2) is 0 Å². The van der Waals surface area contributed by atoms with Crippen molar-refractivity contribution >= 4 is 45.7 Å². The third-order valence-electron chi connectivity index (χ3n) is 4.94. The first-order chi connectivity index (χ1) is 14.6. The van der Waals surface area contributed by atoms with Gasteiger partial charge < -0.3 is 4.90 Å². The molecule has 0 spiro atoms. The molecule has 1 atom stereocenters. The molecule has 30 heavy (non-hydrogen) atoms. The zero-order valence-corrected chi connectivity index (χ0v) is 18.2. The van der Waals surface area contributed by atoms with Crippen LogP contribution >= 0.6 is 23.1 Å². The van der Waals surface area contributed by atoms with Gasteiger partial charge in [-0.1, -0.05) is 54.7 Å². The minimum absolute atomic E-state index is 0.00995. The van der Waals surface area contributed by atoms with Crippen molar-refractivity contribution in [3.8, 4) is 0 Å². The Labute approximate surface area is 183 Å². The number of aromatic nitrogens is 2. The Bertz CT molecular complexity index is 1040. The monoisotopic (exact) mass is 438 g/mol. The Morgan fingerprint density at radius 3 is 2.73 bits per heavy atom. The van der Waals surface area contributed by atoms with Crippen molar-refractivity contribution in [3.63, 3.8) is 0 Å². The number of hydrogen-bond acceptors (Lipinski definition) is 6. The molecule has 0 bridgehead atoms. The summed E-state index contributed by atoms with van der Waals surface area (Å²) in [5.74, 6) is 0.278. The number of aryl methyl sites for hydroxylation is 1. The van der Waals surface area contributed by atoms with Crippen molar-refractivity contribution in [1.82, 2.24) is 10.2 Å². The molecule has 0 saturated carbocycles. The molecular weight excluding hydrogens is 416 g/mol. The Morgan fingerprint density at radius 1 is 1.17 bits per heavy atom. The number of anilines is 2. The smallest absolute Gasteiger partial charge is 0.236 e. The molecular formula is C22H22N4O2S2. The summed E-state index contributed by atoms with van der Waals surface area (Å²) in [5.41, 5.74) is 2.14. The molecule has 1 aliphatic heterocycles. The summed E-state index contributed by atoms with van der Waals surface area (Å²) in [5, 5.41) is 12.4. The van der Waals surface area contributed by atoms with Crippen LogP contribution in [-0.4, -0.2) is 34.3 Å². The van der Waals surface area contributed by atoms with Gasteiger partial charge in [0.2, 0.25) is 16.9 Å². The largest absolute Gasteiger partial charge is 0.311 e. The van der Waals surface area contributed by atoms with Crippen LogP contribution in [0.2, 0.25) is 0 Å². The van der Waals surface area contributed by atoms with E-state index in [2.05, 4.69) is 28.5 Å². The normalized spacial score (nSPS) is 16.1. The highest BCUT2D eigenvalue weighted by atomic mass is 32.2. The zero-order valence-electron chi connectivity index (χ0n) is 16.6. The molecule has 1 saturated heterocycles. The number of benzene rings is 2.